The minimum Gasteiger partial charge on any atom is -0.494 e. The van der Waals surface area contributed by atoms with Crippen LogP contribution in [0.3, 0.4) is 0 Å². The molecule has 3 aromatic rings. The number of nitro groups is 1. The largest absolute Gasteiger partial charge is 0.494 e. The summed E-state index contributed by atoms with van der Waals surface area (Å²) in [5.74, 6) is 1.06. The van der Waals surface area contributed by atoms with Crippen LogP contribution < -0.4 is 14.8 Å². The first-order valence-electron chi connectivity index (χ1n) is 7.89. The summed E-state index contributed by atoms with van der Waals surface area (Å²) in [6.45, 7) is 2.45. The van der Waals surface area contributed by atoms with Crippen molar-refractivity contribution in [3.8, 4) is 17.4 Å². The average Bonchev–Trinajstić information content (AvgIpc) is 2.64. The normalized spacial score (nSPS) is 10.2. The zero-order valence-electron chi connectivity index (χ0n) is 14.0. The number of para-hydroxylation sites is 1. The van der Waals surface area contributed by atoms with Gasteiger partial charge in [0.15, 0.2) is 0 Å². The molecule has 2 aromatic carbocycles. The SMILES string of the molecule is CCOc1ccc(Nc2ncnc(Oc3ccccc3)c2[N+](=O)[O-])cc1. The zero-order chi connectivity index (χ0) is 18.4. The highest BCUT2D eigenvalue weighted by atomic mass is 16.6. The number of hydrogen-bond donors (Lipinski definition) is 1. The van der Waals surface area contributed by atoms with Gasteiger partial charge in [0.25, 0.3) is 0 Å². The topological polar surface area (TPSA) is 99.4 Å². The van der Waals surface area contributed by atoms with Crippen LogP contribution in [0, 0.1) is 10.1 Å². The Morgan fingerprint density at radius 1 is 1.04 bits per heavy atom. The highest BCUT2D eigenvalue weighted by Crippen LogP contribution is 2.35. The van der Waals surface area contributed by atoms with Gasteiger partial charge in [0.1, 0.15) is 17.8 Å². The molecule has 8 nitrogen and oxygen atoms in total. The molecule has 0 amide bonds. The highest BCUT2D eigenvalue weighted by Gasteiger charge is 2.25. The van der Waals surface area contributed by atoms with E-state index >= 15 is 0 Å². The fourth-order valence-electron chi connectivity index (χ4n) is 2.23. The van der Waals surface area contributed by atoms with E-state index in [-0.39, 0.29) is 17.4 Å². The smallest absolute Gasteiger partial charge is 0.373 e. The molecule has 1 N–H and O–H groups in total. The molecule has 0 atom stereocenters. The Balaban J connectivity index is 1.89. The van der Waals surface area contributed by atoms with Crippen molar-refractivity contribution in [2.24, 2.45) is 0 Å². The van der Waals surface area contributed by atoms with E-state index in [0.717, 1.165) is 0 Å². The molecule has 1 aromatic heterocycles. The van der Waals surface area contributed by atoms with E-state index in [1.165, 1.54) is 6.33 Å². The Hall–Kier alpha value is -3.68. The van der Waals surface area contributed by atoms with Crippen LogP contribution in [0.4, 0.5) is 17.2 Å². The molecule has 132 valence electrons. The van der Waals surface area contributed by atoms with Gasteiger partial charge in [-0.1, -0.05) is 18.2 Å². The third-order valence-electron chi connectivity index (χ3n) is 3.36. The lowest BCUT2D eigenvalue weighted by molar-refractivity contribution is -0.385. The lowest BCUT2D eigenvalue weighted by Gasteiger charge is -2.10. The standard InChI is InChI=1S/C18H16N4O4/c1-2-25-14-10-8-13(9-11-14)21-17-16(22(23)24)18(20-12-19-17)26-15-6-4-3-5-7-15/h3-12H,2H2,1H3,(H,19,20,21). The summed E-state index contributed by atoms with van der Waals surface area (Å²) < 4.78 is 10.9. The van der Waals surface area contributed by atoms with Gasteiger partial charge in [-0.25, -0.2) is 4.98 Å². The quantitative estimate of drug-likeness (QED) is 0.499. The third-order valence-corrected chi connectivity index (χ3v) is 3.36. The number of nitrogens with one attached hydrogen (secondary N) is 1. The van der Waals surface area contributed by atoms with E-state index in [2.05, 4.69) is 15.3 Å². The van der Waals surface area contributed by atoms with Crippen molar-refractivity contribution in [3.63, 3.8) is 0 Å². The Kier molecular flexibility index (Phi) is 5.23. The first-order valence-corrected chi connectivity index (χ1v) is 7.89. The fourth-order valence-corrected chi connectivity index (χ4v) is 2.23. The van der Waals surface area contributed by atoms with Crippen LogP contribution in [0.15, 0.2) is 60.9 Å². The minimum absolute atomic E-state index is 0.0418. The monoisotopic (exact) mass is 352 g/mol. The van der Waals surface area contributed by atoms with Gasteiger partial charge in [-0.15, -0.1) is 0 Å². The third kappa shape index (κ3) is 4.04. The number of rotatable bonds is 7. The maximum absolute atomic E-state index is 11.5. The Labute approximate surface area is 149 Å². The Morgan fingerprint density at radius 2 is 1.77 bits per heavy atom. The van der Waals surface area contributed by atoms with Crippen molar-refractivity contribution >= 4 is 17.2 Å². The zero-order valence-corrected chi connectivity index (χ0v) is 14.0. The minimum atomic E-state index is -0.574. The van der Waals surface area contributed by atoms with Crippen LogP contribution in [-0.4, -0.2) is 21.5 Å². The van der Waals surface area contributed by atoms with Gasteiger partial charge >= 0.3 is 11.6 Å². The molecule has 0 fully saturated rings. The fraction of sp³-hybridized carbons (Fsp3) is 0.111. The van der Waals surface area contributed by atoms with Gasteiger partial charge in [0.2, 0.25) is 5.82 Å². The molecule has 0 saturated carbocycles. The van der Waals surface area contributed by atoms with Crippen LogP contribution in [0.25, 0.3) is 0 Å². The van der Waals surface area contributed by atoms with Crippen molar-refractivity contribution in [2.45, 2.75) is 6.92 Å². The second-order valence-corrected chi connectivity index (χ2v) is 5.13. The van der Waals surface area contributed by atoms with Crippen LogP contribution in [0.5, 0.6) is 17.4 Å². The number of ether oxygens (including phenoxy) is 2. The Morgan fingerprint density at radius 3 is 2.42 bits per heavy atom. The molecule has 0 saturated heterocycles. The number of nitrogens with zero attached hydrogens (tertiary/aromatic N) is 3. The van der Waals surface area contributed by atoms with E-state index < -0.39 is 4.92 Å². The lowest BCUT2D eigenvalue weighted by atomic mass is 10.3. The summed E-state index contributed by atoms with van der Waals surface area (Å²) >= 11 is 0. The molecule has 8 heteroatoms. The first kappa shape index (κ1) is 17.2. The summed E-state index contributed by atoms with van der Waals surface area (Å²) in [7, 11) is 0. The average molecular weight is 352 g/mol. The molecule has 1 heterocycles. The number of aromatic nitrogens is 2. The lowest BCUT2D eigenvalue weighted by Crippen LogP contribution is -2.03. The van der Waals surface area contributed by atoms with Gasteiger partial charge in [0, 0.05) is 5.69 Å². The molecule has 26 heavy (non-hydrogen) atoms. The molecule has 0 aliphatic carbocycles. The van der Waals surface area contributed by atoms with E-state index in [1.807, 2.05) is 13.0 Å². The number of benzene rings is 2. The molecule has 0 unspecified atom stereocenters. The van der Waals surface area contributed by atoms with Crippen LogP contribution in [-0.2, 0) is 0 Å². The molecular weight excluding hydrogens is 336 g/mol. The number of anilines is 2. The van der Waals surface area contributed by atoms with E-state index in [0.29, 0.717) is 23.8 Å². The predicted octanol–water partition coefficient (Wildman–Crippen LogP) is 4.32. The van der Waals surface area contributed by atoms with Crippen molar-refractivity contribution in [2.75, 3.05) is 11.9 Å². The van der Waals surface area contributed by atoms with Crippen molar-refractivity contribution < 1.29 is 14.4 Å². The molecule has 3 rings (SSSR count). The van der Waals surface area contributed by atoms with Gasteiger partial charge in [-0.05, 0) is 43.3 Å². The molecule has 0 spiro atoms. The van der Waals surface area contributed by atoms with Gasteiger partial charge < -0.3 is 14.8 Å². The van der Waals surface area contributed by atoms with E-state index in [9.17, 15) is 10.1 Å². The molecule has 0 aliphatic rings. The maximum Gasteiger partial charge on any atom is 0.373 e. The second kappa shape index (κ2) is 7.93. The summed E-state index contributed by atoms with van der Waals surface area (Å²) in [5.41, 5.74) is 0.283. The predicted molar refractivity (Wildman–Crippen MR) is 96.1 cm³/mol. The van der Waals surface area contributed by atoms with Gasteiger partial charge in [-0.3, -0.25) is 10.1 Å². The summed E-state index contributed by atoms with van der Waals surface area (Å²) in [4.78, 5) is 18.9. The molecular formula is C18H16N4O4. The molecule has 0 radical (unpaired) electrons. The van der Waals surface area contributed by atoms with Crippen molar-refractivity contribution in [1.29, 1.82) is 0 Å². The summed E-state index contributed by atoms with van der Waals surface area (Å²) in [6.07, 6.45) is 1.21. The van der Waals surface area contributed by atoms with Crippen molar-refractivity contribution in [1.82, 2.24) is 9.97 Å². The number of hydrogen-bond acceptors (Lipinski definition) is 7. The molecule has 0 aliphatic heterocycles. The van der Waals surface area contributed by atoms with Crippen LogP contribution in [0.1, 0.15) is 6.92 Å². The molecule has 0 bridgehead atoms. The Bertz CT molecular complexity index is 885. The first-order chi connectivity index (χ1) is 12.7. The second-order valence-electron chi connectivity index (χ2n) is 5.13. The summed E-state index contributed by atoms with van der Waals surface area (Å²) in [5, 5.41) is 14.5. The van der Waals surface area contributed by atoms with Gasteiger partial charge in [-0.2, -0.15) is 4.98 Å². The maximum atomic E-state index is 11.5. The highest BCUT2D eigenvalue weighted by molar-refractivity contribution is 5.69. The van der Waals surface area contributed by atoms with Crippen LogP contribution in [0.2, 0.25) is 0 Å². The van der Waals surface area contributed by atoms with Gasteiger partial charge in [0.05, 0.1) is 11.5 Å². The van der Waals surface area contributed by atoms with E-state index in [4.69, 9.17) is 9.47 Å². The van der Waals surface area contributed by atoms with E-state index in [1.54, 1.807) is 48.5 Å². The van der Waals surface area contributed by atoms with Crippen molar-refractivity contribution in [3.05, 3.63) is 71.0 Å². The van der Waals surface area contributed by atoms with Crippen LogP contribution >= 0.6 is 0 Å². The summed E-state index contributed by atoms with van der Waals surface area (Å²) in [6, 6.07) is 15.7.